The van der Waals surface area contributed by atoms with Crippen molar-refractivity contribution in [2.24, 2.45) is 0 Å². The third-order valence-corrected chi connectivity index (χ3v) is 4.50. The zero-order chi connectivity index (χ0) is 17.2. The lowest BCUT2D eigenvalue weighted by Crippen LogP contribution is -2.23. The summed E-state index contributed by atoms with van der Waals surface area (Å²) in [5.74, 6) is 0.00153. The van der Waals surface area contributed by atoms with E-state index in [9.17, 15) is 13.2 Å². The van der Waals surface area contributed by atoms with Gasteiger partial charge in [0, 0.05) is 17.4 Å². The van der Waals surface area contributed by atoms with Gasteiger partial charge >= 0.3 is 6.09 Å². The van der Waals surface area contributed by atoms with Crippen molar-refractivity contribution < 1.29 is 27.2 Å². The topological polar surface area (TPSA) is 111 Å². The summed E-state index contributed by atoms with van der Waals surface area (Å²) in [6.07, 6.45) is -0.414. The van der Waals surface area contributed by atoms with Gasteiger partial charge in [-0.15, -0.1) is 0 Å². The fourth-order valence-electron chi connectivity index (χ4n) is 2.20. The van der Waals surface area contributed by atoms with Crippen molar-refractivity contribution in [2.45, 2.75) is 5.75 Å². The molecule has 0 spiro atoms. The van der Waals surface area contributed by atoms with E-state index >= 15 is 0 Å². The number of carbonyl (C=O) groups excluding carboxylic acids is 1. The first-order chi connectivity index (χ1) is 11.5. The van der Waals surface area contributed by atoms with Gasteiger partial charge in [-0.25, -0.2) is 13.2 Å². The number of hydrogen-bond acceptors (Lipinski definition) is 7. The van der Waals surface area contributed by atoms with Crippen LogP contribution in [0.25, 0.3) is 0 Å². The number of sulfonamides is 1. The minimum atomic E-state index is -3.67. The number of benzene rings is 1. The second-order valence-corrected chi connectivity index (χ2v) is 6.73. The molecule has 9 nitrogen and oxygen atoms in total. The smallest absolute Gasteiger partial charge is 0.414 e. The first kappa shape index (κ1) is 16.1. The summed E-state index contributed by atoms with van der Waals surface area (Å²) < 4.78 is 41.3. The predicted molar refractivity (Wildman–Crippen MR) is 84.4 cm³/mol. The minimum absolute atomic E-state index is 0.163. The Morgan fingerprint density at radius 3 is 2.67 bits per heavy atom. The Morgan fingerprint density at radius 2 is 2.08 bits per heavy atom. The van der Waals surface area contributed by atoms with E-state index in [1.165, 1.54) is 18.1 Å². The van der Waals surface area contributed by atoms with Crippen molar-refractivity contribution in [1.82, 2.24) is 5.16 Å². The molecule has 0 atom stereocenters. The normalized spacial score (nSPS) is 14.5. The van der Waals surface area contributed by atoms with Crippen LogP contribution < -0.4 is 14.4 Å². The zero-order valence-electron chi connectivity index (χ0n) is 12.8. The van der Waals surface area contributed by atoms with Gasteiger partial charge in [0.1, 0.15) is 12.4 Å². The Balaban J connectivity index is 1.67. The molecule has 1 aromatic heterocycles. The molecule has 128 valence electrons. The lowest BCUT2D eigenvalue weighted by Gasteiger charge is -2.13. The van der Waals surface area contributed by atoms with Crippen LogP contribution in [0.4, 0.5) is 16.2 Å². The maximum atomic E-state index is 12.1. The van der Waals surface area contributed by atoms with E-state index in [2.05, 4.69) is 9.88 Å². The van der Waals surface area contributed by atoms with Crippen LogP contribution in [-0.4, -0.2) is 39.9 Å². The molecule has 10 heteroatoms. The summed E-state index contributed by atoms with van der Waals surface area (Å²) in [7, 11) is -2.26. The zero-order valence-corrected chi connectivity index (χ0v) is 13.6. The van der Waals surface area contributed by atoms with Crippen LogP contribution in [0.5, 0.6) is 5.88 Å². The molecule has 1 fully saturated rings. The molecule has 0 radical (unpaired) electrons. The lowest BCUT2D eigenvalue weighted by molar-refractivity contribution is 0.181. The van der Waals surface area contributed by atoms with Gasteiger partial charge in [-0.3, -0.25) is 9.62 Å². The highest BCUT2D eigenvalue weighted by atomic mass is 32.2. The predicted octanol–water partition coefficient (Wildman–Crippen LogP) is 1.58. The number of ether oxygens (including phenoxy) is 2. The van der Waals surface area contributed by atoms with Crippen LogP contribution in [-0.2, 0) is 20.5 Å². The number of amides is 1. The van der Waals surface area contributed by atoms with E-state index in [-0.39, 0.29) is 17.4 Å². The number of nitrogens with zero attached hydrogens (tertiary/aromatic N) is 2. The molecule has 1 saturated heterocycles. The fraction of sp³-hybridized carbons (Fsp3) is 0.286. The third kappa shape index (κ3) is 3.59. The number of rotatable bonds is 6. The molecular formula is C14H15N3O6S. The van der Waals surface area contributed by atoms with Gasteiger partial charge in [0.2, 0.25) is 10.0 Å². The summed E-state index contributed by atoms with van der Waals surface area (Å²) in [4.78, 5) is 13.0. The van der Waals surface area contributed by atoms with Crippen LogP contribution in [0.15, 0.2) is 34.9 Å². The third-order valence-electron chi connectivity index (χ3n) is 3.29. The van der Waals surface area contributed by atoms with Gasteiger partial charge < -0.3 is 14.0 Å². The molecule has 1 amide bonds. The Hall–Kier alpha value is -2.75. The molecule has 1 aliphatic rings. The quantitative estimate of drug-likeness (QED) is 0.839. The van der Waals surface area contributed by atoms with Crippen molar-refractivity contribution in [3.63, 3.8) is 0 Å². The number of cyclic esters (lactones) is 1. The van der Waals surface area contributed by atoms with E-state index < -0.39 is 16.1 Å². The summed E-state index contributed by atoms with van der Waals surface area (Å²) in [6.45, 7) is 0.811. The summed E-state index contributed by atoms with van der Waals surface area (Å²) in [5.41, 5.74) is 1.01. The van der Waals surface area contributed by atoms with E-state index in [1.807, 2.05) is 0 Å². The number of hydrogen-bond donors (Lipinski definition) is 1. The van der Waals surface area contributed by atoms with Gasteiger partial charge in [-0.1, -0.05) is 0 Å². The van der Waals surface area contributed by atoms with Crippen LogP contribution in [0.1, 0.15) is 5.76 Å². The number of nitrogens with one attached hydrogen (secondary N) is 1. The number of carbonyl (C=O) groups is 1. The molecule has 3 rings (SSSR count). The van der Waals surface area contributed by atoms with E-state index in [0.29, 0.717) is 24.5 Å². The number of methoxy groups -OCH3 is 1. The molecule has 1 N–H and O–H groups in total. The monoisotopic (exact) mass is 353 g/mol. The molecule has 2 aromatic rings. The summed E-state index contributed by atoms with van der Waals surface area (Å²) in [5, 5.41) is 3.55. The minimum Gasteiger partial charge on any atom is -0.479 e. The summed E-state index contributed by atoms with van der Waals surface area (Å²) in [6, 6.07) is 7.82. The Bertz CT molecular complexity index is 830. The first-order valence-electron chi connectivity index (χ1n) is 7.01. The van der Waals surface area contributed by atoms with E-state index in [0.717, 1.165) is 0 Å². The number of aromatic nitrogens is 1. The molecule has 0 bridgehead atoms. The second-order valence-electron chi connectivity index (χ2n) is 5.01. The standard InChI is InChI=1S/C14H15N3O6S/c1-21-13-8-12(23-15-13)9-24(19,20)16-10-2-4-11(5-3-10)17-6-7-22-14(17)18/h2-5,8,16H,6-7,9H2,1H3. The largest absolute Gasteiger partial charge is 0.479 e. The van der Waals surface area contributed by atoms with Gasteiger partial charge in [0.25, 0.3) is 5.88 Å². The van der Waals surface area contributed by atoms with Crippen LogP contribution >= 0.6 is 0 Å². The Labute approximate surface area is 138 Å². The van der Waals surface area contributed by atoms with E-state index in [1.54, 1.807) is 24.3 Å². The van der Waals surface area contributed by atoms with Gasteiger partial charge in [-0.2, -0.15) is 0 Å². The highest BCUT2D eigenvalue weighted by Crippen LogP contribution is 2.22. The molecule has 1 aliphatic heterocycles. The first-order valence-corrected chi connectivity index (χ1v) is 8.66. The average Bonchev–Trinajstić information content (AvgIpc) is 3.16. The van der Waals surface area contributed by atoms with Crippen molar-refractivity contribution in [3.8, 4) is 5.88 Å². The van der Waals surface area contributed by atoms with Crippen molar-refractivity contribution in [1.29, 1.82) is 0 Å². The molecule has 0 saturated carbocycles. The van der Waals surface area contributed by atoms with E-state index in [4.69, 9.17) is 14.0 Å². The van der Waals surface area contributed by atoms with Crippen molar-refractivity contribution >= 4 is 27.5 Å². The molecule has 2 heterocycles. The highest BCUT2D eigenvalue weighted by Gasteiger charge is 2.23. The summed E-state index contributed by atoms with van der Waals surface area (Å²) >= 11 is 0. The molecular weight excluding hydrogens is 338 g/mol. The molecule has 1 aromatic carbocycles. The van der Waals surface area contributed by atoms with Gasteiger partial charge in [0.15, 0.2) is 5.76 Å². The SMILES string of the molecule is COc1cc(CS(=O)(=O)Nc2ccc(N3CCOC3=O)cc2)on1. The van der Waals surface area contributed by atoms with Gasteiger partial charge in [0.05, 0.1) is 13.7 Å². The van der Waals surface area contributed by atoms with Gasteiger partial charge in [-0.05, 0) is 29.4 Å². The van der Waals surface area contributed by atoms with Crippen molar-refractivity contribution in [3.05, 3.63) is 36.1 Å². The van der Waals surface area contributed by atoms with Crippen LogP contribution in [0, 0.1) is 0 Å². The average molecular weight is 353 g/mol. The van der Waals surface area contributed by atoms with Crippen molar-refractivity contribution in [2.75, 3.05) is 29.9 Å². The maximum Gasteiger partial charge on any atom is 0.414 e. The maximum absolute atomic E-state index is 12.1. The fourth-order valence-corrected chi connectivity index (χ4v) is 3.28. The molecule has 0 aliphatic carbocycles. The molecule has 24 heavy (non-hydrogen) atoms. The second kappa shape index (κ2) is 6.40. The number of anilines is 2. The van der Waals surface area contributed by atoms with Crippen LogP contribution in [0.2, 0.25) is 0 Å². The molecule has 0 unspecified atom stereocenters. The Kier molecular flexibility index (Phi) is 4.30. The lowest BCUT2D eigenvalue weighted by atomic mass is 10.2. The Morgan fingerprint density at radius 1 is 1.33 bits per heavy atom. The van der Waals surface area contributed by atoms with Crippen LogP contribution in [0.3, 0.4) is 0 Å². The highest BCUT2D eigenvalue weighted by molar-refractivity contribution is 7.91.